The predicted molar refractivity (Wildman–Crippen MR) is 72.6 cm³/mol. The summed E-state index contributed by atoms with van der Waals surface area (Å²) in [7, 11) is 0. The number of aryl methyl sites for hydroxylation is 1. The maximum absolute atomic E-state index is 6.04. The molecule has 4 nitrogen and oxygen atoms in total. The topological polar surface area (TPSA) is 53.1 Å². The zero-order chi connectivity index (χ0) is 12.7. The van der Waals surface area contributed by atoms with E-state index in [2.05, 4.69) is 34.7 Å². The van der Waals surface area contributed by atoms with Crippen molar-refractivity contribution in [2.75, 3.05) is 12.3 Å². The molecule has 1 fully saturated rings. The van der Waals surface area contributed by atoms with Gasteiger partial charge in [0.15, 0.2) is 0 Å². The van der Waals surface area contributed by atoms with Gasteiger partial charge >= 0.3 is 0 Å². The molecule has 4 heteroatoms. The van der Waals surface area contributed by atoms with Crippen molar-refractivity contribution in [2.24, 2.45) is 0 Å². The molecule has 2 aromatic rings. The molecule has 1 aliphatic rings. The summed E-state index contributed by atoms with van der Waals surface area (Å²) in [6.45, 7) is 4.90. The van der Waals surface area contributed by atoms with E-state index in [1.165, 1.54) is 5.56 Å². The van der Waals surface area contributed by atoms with Crippen molar-refractivity contribution in [2.45, 2.75) is 38.8 Å². The van der Waals surface area contributed by atoms with E-state index in [1.54, 1.807) is 0 Å². The first-order chi connectivity index (χ1) is 8.69. The quantitative estimate of drug-likeness (QED) is 0.904. The molecule has 0 atom stereocenters. The van der Waals surface area contributed by atoms with Crippen LogP contribution in [0.2, 0.25) is 0 Å². The number of nitrogen functional groups attached to an aromatic ring is 1. The number of anilines is 1. The standard InChI is InChI=1S/C14H19N3O/c1-3-18-11-7-10(8-11)17-13-5-4-9(2)6-12(13)16-14(17)15/h4-6,10-11H,3,7-8H2,1-2H3,(H2,15,16). The van der Waals surface area contributed by atoms with Crippen LogP contribution in [0.1, 0.15) is 31.4 Å². The normalized spacial score (nSPS) is 23.2. The Morgan fingerprint density at radius 3 is 2.94 bits per heavy atom. The fourth-order valence-electron chi connectivity index (χ4n) is 2.73. The average molecular weight is 245 g/mol. The third kappa shape index (κ3) is 1.77. The van der Waals surface area contributed by atoms with E-state index < -0.39 is 0 Å². The van der Waals surface area contributed by atoms with Gasteiger partial charge in [-0.25, -0.2) is 4.98 Å². The van der Waals surface area contributed by atoms with Crippen LogP contribution in [0.5, 0.6) is 0 Å². The molecular formula is C14H19N3O. The number of benzene rings is 1. The maximum atomic E-state index is 6.04. The maximum Gasteiger partial charge on any atom is 0.201 e. The lowest BCUT2D eigenvalue weighted by atomic mass is 9.89. The van der Waals surface area contributed by atoms with Gasteiger partial charge in [0.1, 0.15) is 0 Å². The molecule has 0 spiro atoms. The molecule has 0 bridgehead atoms. The number of rotatable bonds is 3. The lowest BCUT2D eigenvalue weighted by Crippen LogP contribution is -2.33. The van der Waals surface area contributed by atoms with E-state index in [0.29, 0.717) is 18.1 Å². The number of aromatic nitrogens is 2. The first-order valence-corrected chi connectivity index (χ1v) is 6.54. The van der Waals surface area contributed by atoms with E-state index >= 15 is 0 Å². The van der Waals surface area contributed by atoms with Gasteiger partial charge in [-0.15, -0.1) is 0 Å². The summed E-state index contributed by atoms with van der Waals surface area (Å²) in [6, 6.07) is 6.75. The summed E-state index contributed by atoms with van der Waals surface area (Å²) in [5.74, 6) is 0.621. The lowest BCUT2D eigenvalue weighted by molar-refractivity contribution is -0.0181. The van der Waals surface area contributed by atoms with Crippen molar-refractivity contribution in [3.05, 3.63) is 23.8 Å². The van der Waals surface area contributed by atoms with E-state index in [4.69, 9.17) is 10.5 Å². The molecule has 2 N–H and O–H groups in total. The van der Waals surface area contributed by atoms with Crippen molar-refractivity contribution in [3.8, 4) is 0 Å². The van der Waals surface area contributed by atoms with Crippen LogP contribution < -0.4 is 5.73 Å². The molecule has 1 aromatic carbocycles. The van der Waals surface area contributed by atoms with Crippen molar-refractivity contribution < 1.29 is 4.74 Å². The second kappa shape index (κ2) is 4.28. The Bertz CT molecular complexity index is 570. The molecule has 0 aliphatic heterocycles. The fourth-order valence-corrected chi connectivity index (χ4v) is 2.73. The number of ether oxygens (including phenoxy) is 1. The Hall–Kier alpha value is -1.55. The van der Waals surface area contributed by atoms with E-state index in [-0.39, 0.29) is 0 Å². The Morgan fingerprint density at radius 2 is 2.22 bits per heavy atom. The Kier molecular flexibility index (Phi) is 2.74. The van der Waals surface area contributed by atoms with Gasteiger partial charge in [-0.05, 0) is 44.4 Å². The van der Waals surface area contributed by atoms with Crippen LogP contribution >= 0.6 is 0 Å². The highest BCUT2D eigenvalue weighted by molar-refractivity contribution is 5.79. The highest BCUT2D eigenvalue weighted by Gasteiger charge is 2.33. The van der Waals surface area contributed by atoms with Gasteiger partial charge in [-0.1, -0.05) is 6.07 Å². The highest BCUT2D eigenvalue weighted by atomic mass is 16.5. The van der Waals surface area contributed by atoms with Crippen LogP contribution in [-0.4, -0.2) is 22.3 Å². The summed E-state index contributed by atoms with van der Waals surface area (Å²) in [4.78, 5) is 4.45. The molecule has 1 heterocycles. The van der Waals surface area contributed by atoms with E-state index in [1.807, 2.05) is 6.92 Å². The molecule has 18 heavy (non-hydrogen) atoms. The predicted octanol–water partition coefficient (Wildman–Crippen LogP) is 2.67. The second-order valence-electron chi connectivity index (χ2n) is 5.03. The fraction of sp³-hybridized carbons (Fsp3) is 0.500. The second-order valence-corrected chi connectivity index (χ2v) is 5.03. The van der Waals surface area contributed by atoms with Crippen LogP contribution in [0, 0.1) is 6.92 Å². The Balaban J connectivity index is 1.91. The van der Waals surface area contributed by atoms with Crippen LogP contribution in [0.3, 0.4) is 0 Å². The number of hydrogen-bond donors (Lipinski definition) is 1. The Labute approximate surface area is 107 Å². The van der Waals surface area contributed by atoms with E-state index in [0.717, 1.165) is 30.5 Å². The molecule has 0 saturated heterocycles. The monoisotopic (exact) mass is 245 g/mol. The third-order valence-electron chi connectivity index (χ3n) is 3.71. The number of nitrogens with two attached hydrogens (primary N) is 1. The summed E-state index contributed by atoms with van der Waals surface area (Å²) in [6.07, 6.45) is 2.47. The summed E-state index contributed by atoms with van der Waals surface area (Å²) < 4.78 is 7.76. The molecule has 96 valence electrons. The van der Waals surface area contributed by atoms with Crippen LogP contribution in [0.15, 0.2) is 18.2 Å². The van der Waals surface area contributed by atoms with Crippen LogP contribution in [0.25, 0.3) is 11.0 Å². The molecule has 1 saturated carbocycles. The van der Waals surface area contributed by atoms with Gasteiger partial charge in [-0.2, -0.15) is 0 Å². The number of fused-ring (bicyclic) bond motifs is 1. The van der Waals surface area contributed by atoms with Crippen LogP contribution in [-0.2, 0) is 4.74 Å². The van der Waals surface area contributed by atoms with Gasteiger partial charge in [0.05, 0.1) is 17.1 Å². The smallest absolute Gasteiger partial charge is 0.201 e. The van der Waals surface area contributed by atoms with Gasteiger partial charge in [-0.3, -0.25) is 0 Å². The molecule has 3 rings (SSSR count). The zero-order valence-electron chi connectivity index (χ0n) is 10.9. The average Bonchev–Trinajstić information content (AvgIpc) is 2.58. The van der Waals surface area contributed by atoms with Gasteiger partial charge in [0.25, 0.3) is 0 Å². The zero-order valence-corrected chi connectivity index (χ0v) is 10.9. The van der Waals surface area contributed by atoms with Crippen molar-refractivity contribution in [3.63, 3.8) is 0 Å². The number of nitrogens with zero attached hydrogens (tertiary/aromatic N) is 2. The van der Waals surface area contributed by atoms with Crippen LogP contribution in [0.4, 0.5) is 5.95 Å². The summed E-state index contributed by atoms with van der Waals surface area (Å²) in [5.41, 5.74) is 9.39. The number of hydrogen-bond acceptors (Lipinski definition) is 3. The SMILES string of the molecule is CCOC1CC(n2c(N)nc3cc(C)ccc32)C1. The molecule has 0 radical (unpaired) electrons. The van der Waals surface area contributed by atoms with Crippen molar-refractivity contribution >= 4 is 17.0 Å². The van der Waals surface area contributed by atoms with Gasteiger partial charge in [0.2, 0.25) is 5.95 Å². The van der Waals surface area contributed by atoms with Gasteiger partial charge in [0, 0.05) is 12.6 Å². The Morgan fingerprint density at radius 1 is 1.44 bits per heavy atom. The first kappa shape index (κ1) is 11.5. The largest absolute Gasteiger partial charge is 0.378 e. The van der Waals surface area contributed by atoms with E-state index in [9.17, 15) is 0 Å². The minimum atomic E-state index is 0.391. The minimum absolute atomic E-state index is 0.391. The summed E-state index contributed by atoms with van der Waals surface area (Å²) in [5, 5.41) is 0. The van der Waals surface area contributed by atoms with Gasteiger partial charge < -0.3 is 15.0 Å². The lowest BCUT2D eigenvalue weighted by Gasteiger charge is -2.36. The molecular weight excluding hydrogens is 226 g/mol. The summed E-state index contributed by atoms with van der Waals surface area (Å²) >= 11 is 0. The molecule has 1 aromatic heterocycles. The molecule has 1 aliphatic carbocycles. The highest BCUT2D eigenvalue weighted by Crippen LogP contribution is 2.38. The van der Waals surface area contributed by atoms with Crippen molar-refractivity contribution in [1.82, 2.24) is 9.55 Å². The number of imidazole rings is 1. The minimum Gasteiger partial charge on any atom is -0.378 e. The first-order valence-electron chi connectivity index (χ1n) is 6.54. The third-order valence-corrected chi connectivity index (χ3v) is 3.71. The molecule has 0 unspecified atom stereocenters. The molecule has 0 amide bonds. The van der Waals surface area contributed by atoms with Crippen molar-refractivity contribution in [1.29, 1.82) is 0 Å².